The second-order valence-electron chi connectivity index (χ2n) is 0.592. The highest BCUT2D eigenvalue weighted by Crippen LogP contribution is 1.53. The van der Waals surface area contributed by atoms with E-state index in [1.54, 1.807) is 0 Å². The van der Waals surface area contributed by atoms with Crippen molar-refractivity contribution in [1.82, 2.24) is 0 Å². The lowest BCUT2D eigenvalue weighted by Gasteiger charge is -1.60. The molecule has 3 heteroatoms. The van der Waals surface area contributed by atoms with E-state index in [1.165, 1.54) is 6.92 Å². The average Bonchev–Trinajstić information content (AvgIpc) is 1.35. The molecule has 0 aromatic heterocycles. The molecule has 0 aliphatic rings. The summed E-state index contributed by atoms with van der Waals surface area (Å²) in [6.45, 7) is 1.43. The van der Waals surface area contributed by atoms with Crippen LogP contribution in [0.25, 0.3) is 0 Å². The van der Waals surface area contributed by atoms with E-state index in [2.05, 4.69) is 0 Å². The first-order chi connectivity index (χ1) is 2.56. The molecule has 0 aromatic carbocycles. The monoisotopic (exact) mass is 95.0 g/mol. The van der Waals surface area contributed by atoms with Crippen LogP contribution in [0.2, 0.25) is 0 Å². The summed E-state index contributed by atoms with van der Waals surface area (Å²) >= 11 is 0. The highest BCUT2D eigenvalue weighted by molar-refractivity contribution is 7.72. The third kappa shape index (κ3) is 3.95. The van der Waals surface area contributed by atoms with E-state index in [4.69, 9.17) is 1.12 Å². The lowest BCUT2D eigenvalue weighted by molar-refractivity contribution is 0.615. The summed E-state index contributed by atoms with van der Waals surface area (Å²) in [5, 5.41) is 0. The summed E-state index contributed by atoms with van der Waals surface area (Å²) < 4.78 is 25.5. The fourth-order valence-corrected chi connectivity index (χ4v) is 0. The summed E-state index contributed by atoms with van der Waals surface area (Å²) in [6.07, 6.45) is 0. The Bertz CT molecular complexity index is 114. The van der Waals surface area contributed by atoms with Crippen molar-refractivity contribution in [2.45, 2.75) is 6.92 Å². The van der Waals surface area contributed by atoms with Crippen LogP contribution >= 0.6 is 0 Å². The standard InChI is InChI=1S/C2H6O2S/c1-2-5(3)4/h5H,2H2,1H3/i5D. The first-order valence-corrected chi connectivity index (χ1v) is 2.57. The minimum Gasteiger partial charge on any atom is -0.232 e. The van der Waals surface area contributed by atoms with E-state index in [1.807, 2.05) is 0 Å². The van der Waals surface area contributed by atoms with Crippen molar-refractivity contribution in [2.24, 2.45) is 0 Å². The van der Waals surface area contributed by atoms with E-state index < -0.39 is 10.6 Å². The predicted octanol–water partition coefficient (Wildman–Crippen LogP) is -0.382. The molecule has 0 saturated heterocycles. The zero-order valence-corrected chi connectivity index (χ0v) is 3.75. The average molecular weight is 95.1 g/mol. The molecule has 0 atom stereocenters. The smallest absolute Gasteiger partial charge is 0.174 e. The van der Waals surface area contributed by atoms with Gasteiger partial charge in [0.15, 0.2) is 1.12 Å². The Morgan fingerprint density at radius 3 is 2.20 bits per heavy atom. The summed E-state index contributed by atoms with van der Waals surface area (Å²) in [6, 6.07) is 0. The molecule has 0 unspecified atom stereocenters. The predicted molar refractivity (Wildman–Crippen MR) is 20.9 cm³/mol. The number of rotatable bonds is 1. The molecule has 0 amide bonds. The second-order valence-corrected chi connectivity index (χ2v) is 1.78. The topological polar surface area (TPSA) is 34.1 Å². The number of hydrogen-bond acceptors (Lipinski definition) is 2. The second kappa shape index (κ2) is 2.20. The van der Waals surface area contributed by atoms with E-state index in [0.717, 1.165) is 0 Å². The van der Waals surface area contributed by atoms with Crippen LogP contribution in [0.3, 0.4) is 0 Å². The van der Waals surface area contributed by atoms with Crippen LogP contribution < -0.4 is 0 Å². The SMILES string of the molecule is [2H]S(=O)(=O)CC. The summed E-state index contributed by atoms with van der Waals surface area (Å²) in [5.41, 5.74) is 0. The Kier molecular flexibility index (Phi) is 1.39. The molecule has 0 spiro atoms. The molecule has 0 heterocycles. The van der Waals surface area contributed by atoms with Gasteiger partial charge in [0, 0.05) is 5.75 Å². The van der Waals surface area contributed by atoms with Crippen LogP contribution in [0.4, 0.5) is 0 Å². The summed E-state index contributed by atoms with van der Waals surface area (Å²) in [5.74, 6) is -0.0903. The van der Waals surface area contributed by atoms with Crippen molar-refractivity contribution in [3.63, 3.8) is 0 Å². The first-order valence-electron chi connectivity index (χ1n) is 1.74. The molecule has 0 aromatic rings. The molecule has 0 bridgehead atoms. The van der Waals surface area contributed by atoms with Gasteiger partial charge in [-0.25, -0.2) is 8.42 Å². The van der Waals surface area contributed by atoms with E-state index in [0.29, 0.717) is 0 Å². The Hall–Kier alpha value is -0.0500. The van der Waals surface area contributed by atoms with Gasteiger partial charge in [0.2, 0.25) is 0 Å². The van der Waals surface area contributed by atoms with Gasteiger partial charge < -0.3 is 0 Å². The first kappa shape index (κ1) is 3.15. The van der Waals surface area contributed by atoms with Gasteiger partial charge in [-0.15, -0.1) is 0 Å². The van der Waals surface area contributed by atoms with Crippen LogP contribution in [0, 0.1) is 0 Å². The van der Waals surface area contributed by atoms with E-state index in [9.17, 15) is 8.42 Å². The molecule has 0 aliphatic carbocycles. The van der Waals surface area contributed by atoms with Crippen LogP contribution in [0.5, 0.6) is 0 Å². The maximum atomic E-state index is 9.67. The third-order valence-electron chi connectivity index (χ3n) is 0.236. The Morgan fingerprint density at radius 2 is 2.20 bits per heavy atom. The van der Waals surface area contributed by atoms with Crippen molar-refractivity contribution < 1.29 is 8.42 Å². The van der Waals surface area contributed by atoms with Crippen LogP contribution in [0.1, 0.15) is 6.92 Å². The lowest BCUT2D eigenvalue weighted by atomic mass is 11.0. The number of hydrogen-bond donors (Lipinski definition) is 1. The van der Waals surface area contributed by atoms with Gasteiger partial charge in [-0.2, -0.15) is 0 Å². The highest BCUT2D eigenvalue weighted by Gasteiger charge is 1.65. The van der Waals surface area contributed by atoms with Crippen LogP contribution in [-0.4, -0.2) is 15.3 Å². The Labute approximate surface area is 33.8 Å². The van der Waals surface area contributed by atoms with Gasteiger partial charge >= 0.3 is 0 Å². The fourth-order valence-electron chi connectivity index (χ4n) is 0. The lowest BCUT2D eigenvalue weighted by Crippen LogP contribution is -1.73. The molecule has 0 radical (unpaired) electrons. The molecule has 2 nitrogen and oxygen atoms in total. The molecule has 0 aliphatic heterocycles. The molecule has 5 heavy (non-hydrogen) atoms. The Balaban J connectivity index is 3.85. The van der Waals surface area contributed by atoms with Crippen molar-refractivity contribution >= 4 is 10.6 Å². The quantitative estimate of drug-likeness (QED) is 0.450. The Morgan fingerprint density at radius 1 is 2.00 bits per heavy atom. The highest BCUT2D eigenvalue weighted by atomic mass is 32.2. The van der Waals surface area contributed by atoms with Gasteiger partial charge in [0.1, 0.15) is 10.6 Å². The maximum absolute atomic E-state index is 9.67. The van der Waals surface area contributed by atoms with E-state index >= 15 is 0 Å². The maximum Gasteiger partial charge on any atom is 0.174 e. The summed E-state index contributed by atoms with van der Waals surface area (Å²) in [7, 11) is -3.41. The molecule has 0 N–H and O–H groups in total. The normalized spacial score (nSPS) is 14.2. The molecule has 0 saturated carbocycles. The zero-order valence-electron chi connectivity index (χ0n) is 3.93. The van der Waals surface area contributed by atoms with Crippen LogP contribution in [-0.2, 0) is 10.6 Å². The molecular formula is C2H6O2S. The van der Waals surface area contributed by atoms with Gasteiger partial charge in [-0.1, -0.05) is 6.92 Å². The molecular weight excluding hydrogens is 88.1 g/mol. The zero-order chi connectivity index (χ0) is 5.21. The van der Waals surface area contributed by atoms with Gasteiger partial charge in [0.25, 0.3) is 0 Å². The molecule has 0 fully saturated rings. The van der Waals surface area contributed by atoms with Crippen LogP contribution in [0.15, 0.2) is 0 Å². The molecule has 32 valence electrons. The van der Waals surface area contributed by atoms with Crippen molar-refractivity contribution in [3.8, 4) is 0 Å². The molecule has 0 rings (SSSR count). The van der Waals surface area contributed by atoms with Gasteiger partial charge in [-0.3, -0.25) is 0 Å². The van der Waals surface area contributed by atoms with Gasteiger partial charge in [-0.05, 0) is 0 Å². The summed E-state index contributed by atoms with van der Waals surface area (Å²) in [4.78, 5) is 0. The minimum atomic E-state index is -3.41. The fraction of sp³-hybridized carbons (Fsp3) is 1.00. The minimum absolute atomic E-state index is 0.0903. The third-order valence-corrected chi connectivity index (χ3v) is 0.707. The van der Waals surface area contributed by atoms with Crippen molar-refractivity contribution in [1.29, 1.82) is 1.12 Å². The van der Waals surface area contributed by atoms with Gasteiger partial charge in [0.05, 0.1) is 0 Å². The number of thiol groups is 1. The van der Waals surface area contributed by atoms with Crippen molar-refractivity contribution in [3.05, 3.63) is 0 Å². The van der Waals surface area contributed by atoms with E-state index in [-0.39, 0.29) is 5.75 Å². The largest absolute Gasteiger partial charge is 0.232 e. The van der Waals surface area contributed by atoms with Crippen molar-refractivity contribution in [2.75, 3.05) is 5.75 Å².